The summed E-state index contributed by atoms with van der Waals surface area (Å²) in [5.41, 5.74) is 0. The molecule has 12 heteroatoms. The van der Waals surface area contributed by atoms with Crippen LogP contribution in [0.3, 0.4) is 0 Å². The van der Waals surface area contributed by atoms with Crippen LogP contribution >= 0.6 is 7.82 Å². The van der Waals surface area contributed by atoms with Gasteiger partial charge in [0.15, 0.2) is 6.10 Å². The van der Waals surface area contributed by atoms with Gasteiger partial charge in [0.05, 0.1) is 19.8 Å². The molecule has 0 aromatic carbocycles. The maximum absolute atomic E-state index is 12.9. The number of phosphoric acid groups is 1. The number of hydrogen-bond acceptors (Lipinski definition) is 10. The number of carbonyl (C=O) groups is 3. The first kappa shape index (κ1) is 68.1. The van der Waals surface area contributed by atoms with Crippen molar-refractivity contribution < 1.29 is 52.2 Å². The van der Waals surface area contributed by atoms with Crippen molar-refractivity contribution >= 4 is 25.7 Å². The van der Waals surface area contributed by atoms with Gasteiger partial charge in [-0.2, -0.15) is 0 Å². The number of aliphatic hydroxyl groups excluding tert-OH is 1. The number of unbranched alkanes of at least 4 members (excludes halogenated alkanes) is 15. The van der Waals surface area contributed by atoms with E-state index < -0.39 is 57.8 Å². The highest BCUT2D eigenvalue weighted by molar-refractivity contribution is 7.47. The summed E-state index contributed by atoms with van der Waals surface area (Å²) in [6.07, 6.45) is 63.5. The largest absolute Gasteiger partial charge is 0.472 e. The summed E-state index contributed by atoms with van der Waals surface area (Å²) in [5.74, 6) is -1.60. The average molecular weight is 1030 g/mol. The van der Waals surface area contributed by atoms with E-state index in [1.807, 2.05) is 12.2 Å². The van der Waals surface area contributed by atoms with Crippen LogP contribution in [0.25, 0.3) is 0 Å². The molecular weight excluding hydrogens is 928 g/mol. The maximum Gasteiger partial charge on any atom is 0.472 e. The van der Waals surface area contributed by atoms with Crippen molar-refractivity contribution in [1.29, 1.82) is 0 Å². The molecule has 0 heterocycles. The Morgan fingerprint density at radius 2 is 0.750 bits per heavy atom. The molecule has 0 aliphatic carbocycles. The minimum absolute atomic E-state index is 0.0341. The van der Waals surface area contributed by atoms with Crippen LogP contribution in [-0.2, 0) is 42.2 Å². The van der Waals surface area contributed by atoms with Gasteiger partial charge < -0.3 is 24.2 Å². The number of aliphatic hydroxyl groups is 1. The van der Waals surface area contributed by atoms with Crippen LogP contribution in [0.15, 0.2) is 109 Å². The molecule has 3 atom stereocenters. The molecule has 0 amide bonds. The number of esters is 3. The van der Waals surface area contributed by atoms with E-state index in [0.29, 0.717) is 25.7 Å². The van der Waals surface area contributed by atoms with Gasteiger partial charge in [0.25, 0.3) is 0 Å². The standard InChI is InChI=1S/C60H99O11P/c1-4-7-10-13-16-19-22-24-26-27-28-29-31-33-36-39-42-45-48-51-60(64)71-57(53-67-58(62)49-46-43-40-37-35-32-30-25-23-20-17-14-11-8-5-2)55-69-72(65,66)68-54-56(52-61)70-59(63)50-47-44-41-38-34-21-18-15-12-9-6-3/h7-8,10-11,16-17,19-20,24-26,28-30,33,36,42,45,56-57,61H,4-6,9,12-15,18,21-23,27,31-32,34-35,37-41,43-44,46-55H2,1-3H3,(H,65,66)/b10-7-,11-8-,19-16-,20-17-,26-24-,29-28-,30-25-,36-33-,45-42-. The fourth-order valence-corrected chi connectivity index (χ4v) is 7.83. The summed E-state index contributed by atoms with van der Waals surface area (Å²) in [7, 11) is -4.77. The van der Waals surface area contributed by atoms with Crippen LogP contribution in [0.5, 0.6) is 0 Å². The lowest BCUT2D eigenvalue weighted by Crippen LogP contribution is -2.30. The van der Waals surface area contributed by atoms with Crippen LogP contribution in [0.1, 0.15) is 213 Å². The van der Waals surface area contributed by atoms with Crippen molar-refractivity contribution in [3.05, 3.63) is 109 Å². The Kier molecular flexibility index (Phi) is 50.6. The second-order valence-corrected chi connectivity index (χ2v) is 19.4. The smallest absolute Gasteiger partial charge is 0.462 e. The number of phosphoric ester groups is 1. The third-order valence-corrected chi connectivity index (χ3v) is 12.2. The minimum Gasteiger partial charge on any atom is -0.462 e. The first-order valence-corrected chi connectivity index (χ1v) is 29.3. The Morgan fingerprint density at radius 1 is 0.403 bits per heavy atom. The highest BCUT2D eigenvalue weighted by Crippen LogP contribution is 2.43. The quantitative estimate of drug-likeness (QED) is 0.0197. The summed E-state index contributed by atoms with van der Waals surface area (Å²) in [5, 5.41) is 9.78. The molecule has 0 rings (SSSR count). The van der Waals surface area contributed by atoms with E-state index in [1.165, 1.54) is 44.9 Å². The van der Waals surface area contributed by atoms with Gasteiger partial charge in [0.2, 0.25) is 0 Å². The van der Waals surface area contributed by atoms with Crippen molar-refractivity contribution in [1.82, 2.24) is 0 Å². The van der Waals surface area contributed by atoms with E-state index in [4.69, 9.17) is 23.3 Å². The van der Waals surface area contributed by atoms with Gasteiger partial charge in [-0.1, -0.05) is 214 Å². The molecule has 0 aromatic rings. The molecule has 0 spiro atoms. The summed E-state index contributed by atoms with van der Waals surface area (Å²) in [6, 6.07) is 0. The minimum atomic E-state index is -4.77. The first-order valence-electron chi connectivity index (χ1n) is 27.8. The molecule has 3 unspecified atom stereocenters. The summed E-state index contributed by atoms with van der Waals surface area (Å²) in [6.45, 7) is 4.29. The predicted octanol–water partition coefficient (Wildman–Crippen LogP) is 16.2. The lowest BCUT2D eigenvalue weighted by atomic mass is 10.1. The summed E-state index contributed by atoms with van der Waals surface area (Å²) >= 11 is 0. The van der Waals surface area contributed by atoms with Gasteiger partial charge in [0, 0.05) is 19.3 Å². The van der Waals surface area contributed by atoms with Crippen LogP contribution < -0.4 is 0 Å². The number of hydrogen-bond donors (Lipinski definition) is 2. The molecule has 0 radical (unpaired) electrons. The van der Waals surface area contributed by atoms with Crippen molar-refractivity contribution in [2.45, 2.75) is 226 Å². The van der Waals surface area contributed by atoms with E-state index in [2.05, 4.69) is 118 Å². The van der Waals surface area contributed by atoms with Crippen LogP contribution in [0, 0.1) is 0 Å². The topological polar surface area (TPSA) is 155 Å². The predicted molar refractivity (Wildman–Crippen MR) is 297 cm³/mol. The Balaban J connectivity index is 4.89. The Labute approximate surface area is 437 Å². The molecule has 2 N–H and O–H groups in total. The number of carbonyl (C=O) groups excluding carboxylic acids is 3. The highest BCUT2D eigenvalue weighted by atomic mass is 31.2. The lowest BCUT2D eigenvalue weighted by molar-refractivity contribution is -0.161. The Hall–Kier alpha value is -3.86. The molecule has 0 aromatic heterocycles. The van der Waals surface area contributed by atoms with Crippen molar-refractivity contribution in [3.63, 3.8) is 0 Å². The zero-order chi connectivity index (χ0) is 52.7. The molecule has 410 valence electrons. The summed E-state index contributed by atoms with van der Waals surface area (Å²) < 4.78 is 39.3. The fraction of sp³-hybridized carbons (Fsp3) is 0.650. The second-order valence-electron chi connectivity index (χ2n) is 18.0. The fourth-order valence-electron chi connectivity index (χ4n) is 7.04. The molecule has 0 saturated heterocycles. The lowest BCUT2D eigenvalue weighted by Gasteiger charge is -2.21. The van der Waals surface area contributed by atoms with E-state index >= 15 is 0 Å². The average Bonchev–Trinajstić information content (AvgIpc) is 3.37. The van der Waals surface area contributed by atoms with Gasteiger partial charge in [-0.15, -0.1) is 0 Å². The van der Waals surface area contributed by atoms with Crippen molar-refractivity contribution in [3.8, 4) is 0 Å². The van der Waals surface area contributed by atoms with Gasteiger partial charge >= 0.3 is 25.7 Å². The molecule has 0 fully saturated rings. The van der Waals surface area contributed by atoms with E-state index in [0.717, 1.165) is 103 Å². The molecule has 0 aliphatic rings. The van der Waals surface area contributed by atoms with E-state index in [9.17, 15) is 28.9 Å². The third-order valence-electron chi connectivity index (χ3n) is 11.2. The van der Waals surface area contributed by atoms with Gasteiger partial charge in [-0.25, -0.2) is 4.57 Å². The molecule has 0 aliphatic heterocycles. The Bertz CT molecular complexity index is 1620. The van der Waals surface area contributed by atoms with Gasteiger partial charge in [0.1, 0.15) is 12.7 Å². The third kappa shape index (κ3) is 51.1. The van der Waals surface area contributed by atoms with Crippen LogP contribution in [-0.4, -0.2) is 66.5 Å². The SMILES string of the molecule is CC/C=C\C/C=C\C/C=C\C/C=C\C/C=C\C/C=C\CCC(=O)OC(COC(=O)CCCCCCC/C=C\C/C=C\C/C=C\CC)COP(=O)(O)OCC(CO)OC(=O)CCCCCCCCCCCCC. The van der Waals surface area contributed by atoms with Crippen molar-refractivity contribution in [2.75, 3.05) is 26.4 Å². The molecular formula is C60H99O11P. The Morgan fingerprint density at radius 3 is 1.19 bits per heavy atom. The normalized spacial score (nSPS) is 14.2. The monoisotopic (exact) mass is 1030 g/mol. The van der Waals surface area contributed by atoms with Crippen LogP contribution in [0.2, 0.25) is 0 Å². The highest BCUT2D eigenvalue weighted by Gasteiger charge is 2.28. The second kappa shape index (κ2) is 53.4. The van der Waals surface area contributed by atoms with E-state index in [1.54, 1.807) is 0 Å². The summed E-state index contributed by atoms with van der Waals surface area (Å²) in [4.78, 5) is 48.4. The zero-order valence-corrected chi connectivity index (χ0v) is 46.0. The van der Waals surface area contributed by atoms with Crippen LogP contribution in [0.4, 0.5) is 0 Å². The van der Waals surface area contributed by atoms with Gasteiger partial charge in [-0.3, -0.25) is 23.4 Å². The maximum atomic E-state index is 12.9. The zero-order valence-electron chi connectivity index (χ0n) is 45.1. The van der Waals surface area contributed by atoms with Gasteiger partial charge in [-0.05, 0) is 89.9 Å². The molecule has 0 saturated carbocycles. The molecule has 0 bridgehead atoms. The number of rotatable bonds is 50. The number of ether oxygens (including phenoxy) is 3. The first-order chi connectivity index (χ1) is 35.2. The van der Waals surface area contributed by atoms with Crippen molar-refractivity contribution in [2.24, 2.45) is 0 Å². The number of allylic oxidation sites excluding steroid dienone is 18. The molecule has 72 heavy (non-hydrogen) atoms. The molecule has 11 nitrogen and oxygen atoms in total. The van der Waals surface area contributed by atoms with E-state index in [-0.39, 0.29) is 25.9 Å².